The number of hydrogen-bond acceptors (Lipinski definition) is 2. The van der Waals surface area contributed by atoms with Crippen LogP contribution in [0.3, 0.4) is 0 Å². The number of para-hydroxylation sites is 1. The lowest BCUT2D eigenvalue weighted by molar-refractivity contribution is 0.652. The van der Waals surface area contributed by atoms with E-state index in [0.717, 1.165) is 17.6 Å². The Balaban J connectivity index is 2.19. The van der Waals surface area contributed by atoms with Gasteiger partial charge in [-0.3, -0.25) is 0 Å². The maximum atomic E-state index is 6.44. The second-order valence-electron chi connectivity index (χ2n) is 7.64. The van der Waals surface area contributed by atoms with Crippen LogP contribution in [-0.2, 0) is 6.42 Å². The topological polar surface area (TPSA) is 39.2 Å². The zero-order chi connectivity index (χ0) is 18.8. The zero-order valence-electron chi connectivity index (χ0n) is 16.5. The summed E-state index contributed by atoms with van der Waals surface area (Å²) in [5, 5.41) is 2.42. The molecule has 0 spiro atoms. The van der Waals surface area contributed by atoms with Crippen LogP contribution < -0.4 is 5.73 Å². The van der Waals surface area contributed by atoms with Crippen molar-refractivity contribution in [1.82, 2.24) is 0 Å². The first kappa shape index (κ1) is 18.3. The molecule has 136 valence electrons. The van der Waals surface area contributed by atoms with Crippen LogP contribution in [-0.4, -0.2) is 0 Å². The minimum atomic E-state index is 0.436. The second-order valence-corrected chi connectivity index (χ2v) is 7.64. The van der Waals surface area contributed by atoms with Crippen molar-refractivity contribution in [3.05, 3.63) is 70.9 Å². The van der Waals surface area contributed by atoms with E-state index >= 15 is 0 Å². The summed E-state index contributed by atoms with van der Waals surface area (Å²) < 4.78 is 6.44. The summed E-state index contributed by atoms with van der Waals surface area (Å²) in [4.78, 5) is 0. The fraction of sp³-hybridized carbons (Fsp3) is 0.333. The van der Waals surface area contributed by atoms with Crippen LogP contribution in [0.25, 0.3) is 21.9 Å². The predicted molar refractivity (Wildman–Crippen MR) is 112 cm³/mol. The summed E-state index contributed by atoms with van der Waals surface area (Å²) in [5.74, 6) is 0.878. The highest BCUT2D eigenvalue weighted by Gasteiger charge is 2.16. The minimum Gasteiger partial charge on any atom is -0.455 e. The normalized spacial score (nSPS) is 13.1. The lowest BCUT2D eigenvalue weighted by atomic mass is 9.96. The molecule has 1 aromatic heterocycles. The van der Waals surface area contributed by atoms with Crippen molar-refractivity contribution in [2.24, 2.45) is 11.7 Å². The smallest absolute Gasteiger partial charge is 0.139 e. The standard InChI is InChI=1S/C24H29NO/c1-15(2)18(13-14-25)10-12-20-17(5)9-11-22-21-8-6-7-19(16(3)4)23(21)26-24(20)22/h6-11,13-16H,12,25H2,1-5H3/b14-13-,18-10+. The lowest BCUT2D eigenvalue weighted by Gasteiger charge is -2.08. The van der Waals surface area contributed by atoms with Crippen molar-refractivity contribution < 1.29 is 4.42 Å². The highest BCUT2D eigenvalue weighted by Crippen LogP contribution is 2.36. The Morgan fingerprint density at radius 2 is 1.77 bits per heavy atom. The Morgan fingerprint density at radius 3 is 2.42 bits per heavy atom. The highest BCUT2D eigenvalue weighted by atomic mass is 16.3. The summed E-state index contributed by atoms with van der Waals surface area (Å²) in [7, 11) is 0. The third kappa shape index (κ3) is 3.29. The molecule has 0 fully saturated rings. The van der Waals surface area contributed by atoms with Gasteiger partial charge in [-0.05, 0) is 54.2 Å². The van der Waals surface area contributed by atoms with Gasteiger partial charge >= 0.3 is 0 Å². The van der Waals surface area contributed by atoms with Crippen LogP contribution in [0.15, 0.2) is 58.7 Å². The molecule has 3 aromatic rings. The van der Waals surface area contributed by atoms with E-state index in [1.54, 1.807) is 6.20 Å². The highest BCUT2D eigenvalue weighted by molar-refractivity contribution is 6.07. The molecule has 0 unspecified atom stereocenters. The van der Waals surface area contributed by atoms with Gasteiger partial charge in [-0.1, -0.05) is 64.1 Å². The Hall–Kier alpha value is -2.48. The molecule has 0 saturated heterocycles. The molecule has 0 aliphatic heterocycles. The molecule has 0 radical (unpaired) electrons. The second kappa shape index (κ2) is 7.41. The van der Waals surface area contributed by atoms with Gasteiger partial charge in [0.15, 0.2) is 0 Å². The molecule has 0 bridgehead atoms. The number of aryl methyl sites for hydroxylation is 1. The average molecular weight is 348 g/mol. The number of benzene rings is 2. The van der Waals surface area contributed by atoms with Crippen molar-refractivity contribution in [3.63, 3.8) is 0 Å². The number of rotatable bonds is 5. The molecular weight excluding hydrogens is 318 g/mol. The first-order valence-electron chi connectivity index (χ1n) is 9.46. The van der Waals surface area contributed by atoms with Crippen LogP contribution in [0.4, 0.5) is 0 Å². The van der Waals surface area contributed by atoms with Gasteiger partial charge in [0.25, 0.3) is 0 Å². The van der Waals surface area contributed by atoms with E-state index in [0.29, 0.717) is 11.8 Å². The molecule has 2 heteroatoms. The number of hydrogen-bond donors (Lipinski definition) is 1. The predicted octanol–water partition coefficient (Wildman–Crippen LogP) is 6.62. The van der Waals surface area contributed by atoms with Crippen molar-refractivity contribution >= 4 is 21.9 Å². The SMILES string of the molecule is Cc1ccc2c(oc3c(C(C)C)cccc32)c1C/C=C(\C=C/N)C(C)C. The number of nitrogens with two attached hydrogens (primary N) is 1. The van der Waals surface area contributed by atoms with Gasteiger partial charge in [0.05, 0.1) is 0 Å². The zero-order valence-corrected chi connectivity index (χ0v) is 16.5. The van der Waals surface area contributed by atoms with Crippen LogP contribution in [0, 0.1) is 12.8 Å². The molecule has 0 atom stereocenters. The summed E-state index contributed by atoms with van der Waals surface area (Å²) >= 11 is 0. The first-order valence-corrected chi connectivity index (χ1v) is 9.46. The van der Waals surface area contributed by atoms with Gasteiger partial charge in [0.2, 0.25) is 0 Å². The maximum absolute atomic E-state index is 6.44. The van der Waals surface area contributed by atoms with E-state index in [-0.39, 0.29) is 0 Å². The fourth-order valence-corrected chi connectivity index (χ4v) is 3.57. The molecule has 1 heterocycles. The Labute approximate surface area is 156 Å². The van der Waals surface area contributed by atoms with E-state index in [1.807, 2.05) is 6.08 Å². The molecule has 0 aliphatic carbocycles. The van der Waals surface area contributed by atoms with Crippen LogP contribution in [0.1, 0.15) is 50.3 Å². The maximum Gasteiger partial charge on any atom is 0.139 e. The van der Waals surface area contributed by atoms with Crippen molar-refractivity contribution in [3.8, 4) is 0 Å². The molecule has 2 N–H and O–H groups in total. The van der Waals surface area contributed by atoms with Crippen molar-refractivity contribution in [2.45, 2.75) is 47.0 Å². The largest absolute Gasteiger partial charge is 0.455 e. The quantitative estimate of drug-likeness (QED) is 0.527. The fourth-order valence-electron chi connectivity index (χ4n) is 3.57. The molecule has 3 rings (SSSR count). The first-order chi connectivity index (χ1) is 12.4. The Bertz CT molecular complexity index is 986. The third-order valence-corrected chi connectivity index (χ3v) is 5.15. The molecule has 0 aliphatic rings. The van der Waals surface area contributed by atoms with Crippen LogP contribution in [0.5, 0.6) is 0 Å². The van der Waals surface area contributed by atoms with Crippen LogP contribution in [0.2, 0.25) is 0 Å². The van der Waals surface area contributed by atoms with E-state index in [4.69, 9.17) is 10.2 Å². The van der Waals surface area contributed by atoms with Crippen LogP contribution >= 0.6 is 0 Å². The summed E-state index contributed by atoms with van der Waals surface area (Å²) in [6, 6.07) is 10.9. The van der Waals surface area contributed by atoms with Crippen molar-refractivity contribution in [1.29, 1.82) is 0 Å². The van der Waals surface area contributed by atoms with Gasteiger partial charge in [0.1, 0.15) is 11.2 Å². The summed E-state index contributed by atoms with van der Waals surface area (Å²) in [6.45, 7) is 11.0. The third-order valence-electron chi connectivity index (χ3n) is 5.15. The Morgan fingerprint density at radius 1 is 1.04 bits per heavy atom. The molecule has 0 amide bonds. The van der Waals surface area contributed by atoms with E-state index in [1.165, 1.54) is 33.0 Å². The van der Waals surface area contributed by atoms with Crippen molar-refractivity contribution in [2.75, 3.05) is 0 Å². The number of fused-ring (bicyclic) bond motifs is 3. The average Bonchev–Trinajstić information content (AvgIpc) is 2.98. The molecule has 2 aromatic carbocycles. The minimum absolute atomic E-state index is 0.436. The van der Waals surface area contributed by atoms with Gasteiger partial charge in [-0.2, -0.15) is 0 Å². The number of furan rings is 1. The summed E-state index contributed by atoms with van der Waals surface area (Å²) in [5.41, 5.74) is 12.7. The summed E-state index contributed by atoms with van der Waals surface area (Å²) in [6.07, 6.45) is 6.73. The van der Waals surface area contributed by atoms with E-state index < -0.39 is 0 Å². The van der Waals surface area contributed by atoms with E-state index in [9.17, 15) is 0 Å². The van der Waals surface area contributed by atoms with Gasteiger partial charge in [0, 0.05) is 16.3 Å². The Kier molecular flexibility index (Phi) is 5.22. The molecular formula is C24H29NO. The molecule has 26 heavy (non-hydrogen) atoms. The van der Waals surface area contributed by atoms with Gasteiger partial charge < -0.3 is 10.2 Å². The monoisotopic (exact) mass is 347 g/mol. The van der Waals surface area contributed by atoms with Gasteiger partial charge in [-0.15, -0.1) is 0 Å². The van der Waals surface area contributed by atoms with Gasteiger partial charge in [-0.25, -0.2) is 0 Å². The number of allylic oxidation sites excluding steroid dienone is 3. The molecule has 2 nitrogen and oxygen atoms in total. The lowest BCUT2D eigenvalue weighted by Crippen LogP contribution is -1.95. The van der Waals surface area contributed by atoms with E-state index in [2.05, 4.69) is 71.0 Å². The molecule has 0 saturated carbocycles.